The van der Waals surface area contributed by atoms with E-state index in [1.54, 1.807) is 0 Å². The molecule has 55 heavy (non-hydrogen) atoms. The van der Waals surface area contributed by atoms with Crippen LogP contribution in [0.25, 0.3) is 105 Å². The molecule has 0 spiro atoms. The molecule has 11 rings (SSSR count). The summed E-state index contributed by atoms with van der Waals surface area (Å²) in [5.74, 6) is 0.700. The molecule has 0 aliphatic heterocycles. The maximum absolute atomic E-state index is 5.20. The monoisotopic (exact) mass is 702 g/mol. The summed E-state index contributed by atoms with van der Waals surface area (Å²) in [6.45, 7) is 6.01. The average Bonchev–Trinajstić information content (AvgIpc) is 3.80. The van der Waals surface area contributed by atoms with Crippen LogP contribution in [0.2, 0.25) is 0 Å². The molecule has 0 aliphatic carbocycles. The Kier molecular flexibility index (Phi) is 6.89. The Morgan fingerprint density at radius 3 is 1.89 bits per heavy atom. The van der Waals surface area contributed by atoms with Crippen molar-refractivity contribution in [1.82, 2.24) is 18.9 Å². The van der Waals surface area contributed by atoms with Crippen molar-refractivity contribution in [2.75, 3.05) is 0 Å². The molecule has 4 heteroatoms. The number of hydrogen-bond donors (Lipinski definition) is 0. The second kappa shape index (κ2) is 12.1. The quantitative estimate of drug-likeness (QED) is 0.132. The molecular formula is C51H34N4. The lowest BCUT2D eigenvalue weighted by Gasteiger charge is -2.13. The Labute approximate surface area is 317 Å². The molecule has 0 saturated heterocycles. The molecule has 0 fully saturated rings. The van der Waals surface area contributed by atoms with Crippen LogP contribution in [0.4, 0.5) is 0 Å². The highest BCUT2D eigenvalue weighted by atomic mass is 15.0. The van der Waals surface area contributed by atoms with Gasteiger partial charge in [0.25, 0.3) is 0 Å². The molecule has 4 aromatic heterocycles. The first-order chi connectivity index (χ1) is 27.2. The van der Waals surface area contributed by atoms with Crippen molar-refractivity contribution >= 4 is 76.4 Å². The summed E-state index contributed by atoms with van der Waals surface area (Å²) in [4.78, 5) is 10.3. The molecule has 0 radical (unpaired) electrons. The van der Waals surface area contributed by atoms with Gasteiger partial charge in [0, 0.05) is 49.1 Å². The highest BCUT2D eigenvalue weighted by molar-refractivity contribution is 6.21. The maximum atomic E-state index is 5.20. The van der Waals surface area contributed by atoms with Gasteiger partial charge in [-0.05, 0) is 84.1 Å². The molecule has 0 saturated carbocycles. The standard InChI is InChI=1S/C51H34N4/c1-3-32(4-2)33-21-23-34(24-22-33)50-41-17-8-10-18-44(41)52-51(53-50)35-25-27-37(28-26-35)54-46-20-12-9-16-40(46)43-30-42-38-14-6-7-15-39(38)47-29-36-13-5-11-19-45(36)55(47)49(42)31-48(43)54/h3-31H,1H2,2H3/b32-4+. The lowest BCUT2D eigenvalue weighted by Crippen LogP contribution is -1.97. The van der Waals surface area contributed by atoms with Crippen molar-refractivity contribution in [3.8, 4) is 28.3 Å². The highest BCUT2D eigenvalue weighted by Gasteiger charge is 2.18. The Morgan fingerprint density at radius 1 is 0.509 bits per heavy atom. The summed E-state index contributed by atoms with van der Waals surface area (Å²) in [6.07, 6.45) is 3.97. The van der Waals surface area contributed by atoms with Crippen LogP contribution in [0.3, 0.4) is 0 Å². The van der Waals surface area contributed by atoms with Crippen molar-refractivity contribution in [2.24, 2.45) is 0 Å². The summed E-state index contributed by atoms with van der Waals surface area (Å²) < 4.78 is 4.84. The maximum Gasteiger partial charge on any atom is 0.160 e. The van der Waals surface area contributed by atoms with Gasteiger partial charge in [0.1, 0.15) is 0 Å². The van der Waals surface area contributed by atoms with Gasteiger partial charge < -0.3 is 8.97 Å². The third kappa shape index (κ3) is 4.71. The van der Waals surface area contributed by atoms with Crippen LogP contribution in [0.5, 0.6) is 0 Å². The van der Waals surface area contributed by atoms with Gasteiger partial charge >= 0.3 is 0 Å². The van der Waals surface area contributed by atoms with Crippen molar-refractivity contribution < 1.29 is 0 Å². The largest absolute Gasteiger partial charge is 0.309 e. The fourth-order valence-corrected chi connectivity index (χ4v) is 8.65. The van der Waals surface area contributed by atoms with Crippen LogP contribution in [-0.4, -0.2) is 18.9 Å². The van der Waals surface area contributed by atoms with E-state index in [2.05, 4.69) is 179 Å². The second-order valence-corrected chi connectivity index (χ2v) is 14.2. The van der Waals surface area contributed by atoms with Gasteiger partial charge in [-0.2, -0.15) is 0 Å². The molecule has 0 bridgehead atoms. The van der Waals surface area contributed by atoms with Crippen LogP contribution in [0.15, 0.2) is 183 Å². The lowest BCUT2D eigenvalue weighted by atomic mass is 10.0. The number of nitrogens with zero attached hydrogens (tertiary/aromatic N) is 4. The van der Waals surface area contributed by atoms with E-state index in [9.17, 15) is 0 Å². The van der Waals surface area contributed by atoms with Gasteiger partial charge in [-0.25, -0.2) is 9.97 Å². The number of hydrogen-bond acceptors (Lipinski definition) is 2. The number of fused-ring (bicyclic) bond motifs is 12. The van der Waals surface area contributed by atoms with E-state index in [-0.39, 0.29) is 0 Å². The minimum Gasteiger partial charge on any atom is -0.309 e. The molecule has 0 amide bonds. The first kappa shape index (κ1) is 31.2. The van der Waals surface area contributed by atoms with Gasteiger partial charge in [-0.3, -0.25) is 0 Å². The Hall–Kier alpha value is -7.30. The fraction of sp³-hybridized carbons (Fsp3) is 0.0196. The second-order valence-electron chi connectivity index (χ2n) is 14.2. The van der Waals surface area contributed by atoms with E-state index in [0.29, 0.717) is 5.82 Å². The average molecular weight is 703 g/mol. The minimum atomic E-state index is 0.700. The van der Waals surface area contributed by atoms with Gasteiger partial charge in [0.05, 0.1) is 38.8 Å². The number of pyridine rings is 1. The summed E-state index contributed by atoms with van der Waals surface area (Å²) >= 11 is 0. The van der Waals surface area contributed by atoms with Crippen LogP contribution in [-0.2, 0) is 0 Å². The van der Waals surface area contributed by atoms with Crippen molar-refractivity contribution in [3.05, 3.63) is 188 Å². The van der Waals surface area contributed by atoms with Crippen LogP contribution >= 0.6 is 0 Å². The molecule has 4 heterocycles. The first-order valence-corrected chi connectivity index (χ1v) is 18.7. The van der Waals surface area contributed by atoms with E-state index >= 15 is 0 Å². The zero-order valence-electron chi connectivity index (χ0n) is 30.2. The first-order valence-electron chi connectivity index (χ1n) is 18.7. The fourth-order valence-electron chi connectivity index (χ4n) is 8.65. The molecule has 0 aliphatic rings. The molecule has 0 atom stereocenters. The zero-order valence-corrected chi connectivity index (χ0v) is 30.2. The zero-order chi connectivity index (χ0) is 36.6. The Balaban J connectivity index is 1.10. The normalized spacial score (nSPS) is 12.3. The predicted molar refractivity (Wildman–Crippen MR) is 232 cm³/mol. The van der Waals surface area contributed by atoms with E-state index in [1.807, 2.05) is 19.1 Å². The van der Waals surface area contributed by atoms with Gasteiger partial charge in [0.15, 0.2) is 5.82 Å². The minimum absolute atomic E-state index is 0.700. The topological polar surface area (TPSA) is 35.1 Å². The van der Waals surface area contributed by atoms with Crippen LogP contribution < -0.4 is 0 Å². The highest BCUT2D eigenvalue weighted by Crippen LogP contribution is 2.40. The molecule has 7 aromatic carbocycles. The molecule has 0 N–H and O–H groups in total. The number of benzene rings is 7. The summed E-state index contributed by atoms with van der Waals surface area (Å²) in [5, 5.41) is 8.50. The third-order valence-corrected chi connectivity index (χ3v) is 11.2. The number of para-hydroxylation sites is 3. The molecule has 0 unspecified atom stereocenters. The lowest BCUT2D eigenvalue weighted by molar-refractivity contribution is 1.17. The Morgan fingerprint density at radius 2 is 1.13 bits per heavy atom. The third-order valence-electron chi connectivity index (χ3n) is 11.2. The van der Waals surface area contributed by atoms with E-state index < -0.39 is 0 Å². The van der Waals surface area contributed by atoms with Crippen molar-refractivity contribution in [3.63, 3.8) is 0 Å². The number of aromatic nitrogens is 4. The smallest absolute Gasteiger partial charge is 0.160 e. The SMILES string of the molecule is C=C/C(=C\C)c1ccc(-c2nc(-c3ccc(-n4c5ccccc5c5cc6c7ccccc7c7cc8ccccc8n7c6cc54)cc3)nc3ccccc23)cc1. The summed E-state index contributed by atoms with van der Waals surface area (Å²) in [7, 11) is 0. The van der Waals surface area contributed by atoms with E-state index in [0.717, 1.165) is 44.5 Å². The van der Waals surface area contributed by atoms with Gasteiger partial charge in [-0.15, -0.1) is 0 Å². The molecule has 4 nitrogen and oxygen atoms in total. The summed E-state index contributed by atoms with van der Waals surface area (Å²) in [6, 6.07) is 58.9. The Bertz CT molecular complexity index is 3380. The van der Waals surface area contributed by atoms with Crippen molar-refractivity contribution in [2.45, 2.75) is 6.92 Å². The summed E-state index contributed by atoms with van der Waals surface area (Å²) in [5.41, 5.74) is 13.1. The molecular weight excluding hydrogens is 669 g/mol. The van der Waals surface area contributed by atoms with E-state index in [1.165, 1.54) is 59.9 Å². The van der Waals surface area contributed by atoms with Crippen LogP contribution in [0.1, 0.15) is 12.5 Å². The van der Waals surface area contributed by atoms with Crippen molar-refractivity contribution in [1.29, 1.82) is 0 Å². The van der Waals surface area contributed by atoms with Gasteiger partial charge in [-0.1, -0.05) is 122 Å². The van der Waals surface area contributed by atoms with Gasteiger partial charge in [0.2, 0.25) is 0 Å². The molecule has 258 valence electrons. The van der Waals surface area contributed by atoms with E-state index in [4.69, 9.17) is 9.97 Å². The predicted octanol–water partition coefficient (Wildman–Crippen LogP) is 13.4. The number of rotatable bonds is 5. The molecule has 11 aromatic rings. The number of allylic oxidation sites excluding steroid dienone is 3. The van der Waals surface area contributed by atoms with Crippen LogP contribution in [0, 0.1) is 0 Å².